The highest BCUT2D eigenvalue weighted by molar-refractivity contribution is 5.63. The molecule has 2 nitrogen and oxygen atoms in total. The molecule has 0 radical (unpaired) electrons. The van der Waals surface area contributed by atoms with E-state index in [0.717, 1.165) is 11.4 Å². The lowest BCUT2D eigenvalue weighted by molar-refractivity contribution is 0.0811. The molecule has 0 spiro atoms. The van der Waals surface area contributed by atoms with Crippen molar-refractivity contribution in [2.24, 2.45) is 0 Å². The molecule has 2 rings (SSSR count). The molecule has 18 heavy (non-hydrogen) atoms. The first kappa shape index (κ1) is 12.7. The summed E-state index contributed by atoms with van der Waals surface area (Å²) in [4.78, 5) is 2.20. The van der Waals surface area contributed by atoms with Crippen LogP contribution in [0.2, 0.25) is 0 Å². The fourth-order valence-corrected chi connectivity index (χ4v) is 2.06. The van der Waals surface area contributed by atoms with Crippen LogP contribution in [0, 0.1) is 0 Å². The minimum absolute atomic E-state index is 0.0137. The third-order valence-corrected chi connectivity index (χ3v) is 2.84. The first-order valence-electron chi connectivity index (χ1n) is 6.34. The van der Waals surface area contributed by atoms with Crippen LogP contribution in [0.25, 0.3) is 0 Å². The highest BCUT2D eigenvalue weighted by Gasteiger charge is 2.15. The summed E-state index contributed by atoms with van der Waals surface area (Å²) in [6, 6.07) is 20.6. The highest BCUT2D eigenvalue weighted by Crippen LogP contribution is 2.27. The molecule has 94 valence electrons. The number of hydrogen-bond donors (Lipinski definition) is 0. The lowest BCUT2D eigenvalue weighted by atomic mass is 10.2. The summed E-state index contributed by atoms with van der Waals surface area (Å²) in [5.74, 6) is 0. The van der Waals surface area contributed by atoms with Gasteiger partial charge in [0.15, 0.2) is 0 Å². The molecule has 0 N–H and O–H groups in total. The highest BCUT2D eigenvalue weighted by atomic mass is 16.5. The van der Waals surface area contributed by atoms with E-state index >= 15 is 0 Å². The third-order valence-electron chi connectivity index (χ3n) is 2.84. The molecular weight excluding hydrogens is 222 g/mol. The second-order valence-electron chi connectivity index (χ2n) is 4.10. The van der Waals surface area contributed by atoms with E-state index in [1.165, 1.54) is 0 Å². The van der Waals surface area contributed by atoms with Gasteiger partial charge in [-0.05, 0) is 38.1 Å². The summed E-state index contributed by atoms with van der Waals surface area (Å²) in [5.41, 5.74) is 2.29. The average Bonchev–Trinajstić information content (AvgIpc) is 2.42. The normalized spacial score (nSPS) is 12.1. The van der Waals surface area contributed by atoms with E-state index in [-0.39, 0.29) is 6.23 Å². The predicted molar refractivity (Wildman–Crippen MR) is 76.1 cm³/mol. The quantitative estimate of drug-likeness (QED) is 0.727. The van der Waals surface area contributed by atoms with Gasteiger partial charge in [-0.1, -0.05) is 36.4 Å². The molecule has 2 aromatic carbocycles. The Hall–Kier alpha value is -1.80. The average molecular weight is 241 g/mol. The van der Waals surface area contributed by atoms with Crippen molar-refractivity contribution < 1.29 is 4.74 Å². The summed E-state index contributed by atoms with van der Waals surface area (Å²) in [6.45, 7) is 4.80. The van der Waals surface area contributed by atoms with Crippen molar-refractivity contribution in [2.45, 2.75) is 20.1 Å². The number of para-hydroxylation sites is 2. The van der Waals surface area contributed by atoms with Crippen LogP contribution in [0.4, 0.5) is 11.4 Å². The van der Waals surface area contributed by atoms with E-state index in [2.05, 4.69) is 36.1 Å². The van der Waals surface area contributed by atoms with Crippen LogP contribution >= 0.6 is 0 Å². The van der Waals surface area contributed by atoms with Crippen LogP contribution in [-0.4, -0.2) is 12.8 Å². The van der Waals surface area contributed by atoms with Gasteiger partial charge < -0.3 is 9.64 Å². The molecule has 0 bridgehead atoms. The van der Waals surface area contributed by atoms with Gasteiger partial charge in [-0.15, -0.1) is 0 Å². The Morgan fingerprint density at radius 2 is 1.33 bits per heavy atom. The third kappa shape index (κ3) is 2.90. The number of anilines is 2. The monoisotopic (exact) mass is 241 g/mol. The molecule has 2 aromatic rings. The minimum atomic E-state index is 0.0137. The maximum Gasteiger partial charge on any atom is 0.131 e. The van der Waals surface area contributed by atoms with Crippen LogP contribution in [-0.2, 0) is 4.74 Å². The van der Waals surface area contributed by atoms with E-state index in [9.17, 15) is 0 Å². The molecular formula is C16H19NO. The summed E-state index contributed by atoms with van der Waals surface area (Å²) < 4.78 is 5.74. The van der Waals surface area contributed by atoms with Gasteiger partial charge in [0.2, 0.25) is 0 Å². The minimum Gasteiger partial charge on any atom is -0.359 e. The second kappa shape index (κ2) is 6.22. The molecule has 0 amide bonds. The number of nitrogens with zero attached hydrogens (tertiary/aromatic N) is 1. The maximum atomic E-state index is 5.74. The molecule has 0 saturated carbocycles. The topological polar surface area (TPSA) is 12.5 Å². The van der Waals surface area contributed by atoms with Gasteiger partial charge in [-0.2, -0.15) is 0 Å². The van der Waals surface area contributed by atoms with Crippen molar-refractivity contribution in [1.82, 2.24) is 0 Å². The van der Waals surface area contributed by atoms with E-state index in [1.807, 2.05) is 43.3 Å². The van der Waals surface area contributed by atoms with E-state index in [1.54, 1.807) is 0 Å². The van der Waals surface area contributed by atoms with Crippen LogP contribution < -0.4 is 4.90 Å². The summed E-state index contributed by atoms with van der Waals surface area (Å²) in [6.07, 6.45) is 0.0137. The van der Waals surface area contributed by atoms with Gasteiger partial charge in [0.25, 0.3) is 0 Å². The molecule has 2 heteroatoms. The van der Waals surface area contributed by atoms with Gasteiger partial charge in [0.1, 0.15) is 6.23 Å². The molecule has 0 heterocycles. The second-order valence-corrected chi connectivity index (χ2v) is 4.10. The molecule has 0 aromatic heterocycles. The molecule has 0 fully saturated rings. The van der Waals surface area contributed by atoms with Gasteiger partial charge >= 0.3 is 0 Å². The van der Waals surface area contributed by atoms with Crippen molar-refractivity contribution in [1.29, 1.82) is 0 Å². The Morgan fingerprint density at radius 3 is 1.72 bits per heavy atom. The Labute approximate surface area is 109 Å². The lowest BCUT2D eigenvalue weighted by Crippen LogP contribution is -2.30. The van der Waals surface area contributed by atoms with Crippen molar-refractivity contribution in [3.8, 4) is 0 Å². The number of rotatable bonds is 5. The van der Waals surface area contributed by atoms with Gasteiger partial charge in [-0.3, -0.25) is 0 Å². The Balaban J connectivity index is 2.35. The molecule has 0 saturated heterocycles. The zero-order valence-electron chi connectivity index (χ0n) is 10.9. The SMILES string of the molecule is CCOC(C)N(c1ccccc1)c1ccccc1. The van der Waals surface area contributed by atoms with Gasteiger partial charge in [0, 0.05) is 18.0 Å². The summed E-state index contributed by atoms with van der Waals surface area (Å²) in [7, 11) is 0. The predicted octanol–water partition coefficient (Wildman–Crippen LogP) is 4.21. The fraction of sp³-hybridized carbons (Fsp3) is 0.250. The van der Waals surface area contributed by atoms with Crippen LogP contribution in [0.3, 0.4) is 0 Å². The van der Waals surface area contributed by atoms with Crippen molar-refractivity contribution in [2.75, 3.05) is 11.5 Å². The van der Waals surface area contributed by atoms with Gasteiger partial charge in [-0.25, -0.2) is 0 Å². The van der Waals surface area contributed by atoms with E-state index in [4.69, 9.17) is 4.74 Å². The van der Waals surface area contributed by atoms with Crippen LogP contribution in [0.15, 0.2) is 60.7 Å². The molecule has 0 aliphatic carbocycles. The Bertz CT molecular complexity index is 416. The van der Waals surface area contributed by atoms with Crippen LogP contribution in [0.1, 0.15) is 13.8 Å². The standard InChI is InChI=1S/C16H19NO/c1-3-18-14(2)17(15-10-6-4-7-11-15)16-12-8-5-9-13-16/h4-14H,3H2,1-2H3. The van der Waals surface area contributed by atoms with Crippen molar-refractivity contribution in [3.05, 3.63) is 60.7 Å². The molecule has 1 unspecified atom stereocenters. The smallest absolute Gasteiger partial charge is 0.131 e. The Kier molecular flexibility index (Phi) is 4.37. The van der Waals surface area contributed by atoms with Crippen LogP contribution in [0.5, 0.6) is 0 Å². The molecule has 1 atom stereocenters. The molecule has 0 aliphatic heterocycles. The fourth-order valence-electron chi connectivity index (χ4n) is 2.06. The van der Waals surface area contributed by atoms with E-state index in [0.29, 0.717) is 6.61 Å². The maximum absolute atomic E-state index is 5.74. The number of benzene rings is 2. The number of hydrogen-bond acceptors (Lipinski definition) is 2. The first-order valence-corrected chi connectivity index (χ1v) is 6.34. The van der Waals surface area contributed by atoms with Crippen molar-refractivity contribution >= 4 is 11.4 Å². The first-order chi connectivity index (χ1) is 8.83. The summed E-state index contributed by atoms with van der Waals surface area (Å²) >= 11 is 0. The Morgan fingerprint density at radius 1 is 0.889 bits per heavy atom. The number of ether oxygens (including phenoxy) is 1. The van der Waals surface area contributed by atoms with Gasteiger partial charge in [0.05, 0.1) is 0 Å². The summed E-state index contributed by atoms with van der Waals surface area (Å²) in [5, 5.41) is 0. The van der Waals surface area contributed by atoms with Crippen molar-refractivity contribution in [3.63, 3.8) is 0 Å². The molecule has 0 aliphatic rings. The van der Waals surface area contributed by atoms with E-state index < -0.39 is 0 Å². The zero-order chi connectivity index (χ0) is 12.8. The zero-order valence-corrected chi connectivity index (χ0v) is 10.9. The largest absolute Gasteiger partial charge is 0.359 e. The lowest BCUT2D eigenvalue weighted by Gasteiger charge is -2.31.